The van der Waals surface area contributed by atoms with Crippen LogP contribution in [0.25, 0.3) is 22.6 Å². The van der Waals surface area contributed by atoms with Crippen molar-refractivity contribution in [1.29, 1.82) is 0 Å². The number of amides is 1. The van der Waals surface area contributed by atoms with Crippen molar-refractivity contribution in [3.05, 3.63) is 70.1 Å². The Morgan fingerprint density at radius 2 is 1.80 bits per heavy atom. The molecule has 2 aromatic heterocycles. The quantitative estimate of drug-likeness (QED) is 0.262. The molecule has 1 aliphatic carbocycles. The van der Waals surface area contributed by atoms with Gasteiger partial charge in [0.15, 0.2) is 11.7 Å². The molecule has 9 heteroatoms. The lowest BCUT2D eigenvalue weighted by molar-refractivity contribution is -0.123. The van der Waals surface area contributed by atoms with Gasteiger partial charge in [-0.2, -0.15) is 0 Å². The molecule has 2 atom stereocenters. The lowest BCUT2D eigenvalue weighted by Gasteiger charge is -2.33. The van der Waals surface area contributed by atoms with Gasteiger partial charge < -0.3 is 19.2 Å². The van der Waals surface area contributed by atoms with E-state index >= 15 is 0 Å². The number of anilines is 1. The Bertz CT molecular complexity index is 1560. The van der Waals surface area contributed by atoms with Crippen LogP contribution in [-0.4, -0.2) is 36.0 Å². The third-order valence-electron chi connectivity index (χ3n) is 7.44. The number of rotatable bonds is 6. The number of thiophene rings is 1. The first-order valence-corrected chi connectivity index (χ1v) is 14.1. The van der Waals surface area contributed by atoms with Crippen molar-refractivity contribution in [3.63, 3.8) is 0 Å². The molecular weight excluding hydrogens is 528 g/mol. The fourth-order valence-electron chi connectivity index (χ4n) is 5.06. The summed E-state index contributed by atoms with van der Waals surface area (Å²) in [6.07, 6.45) is 1.40. The predicted octanol–water partition coefficient (Wildman–Crippen LogP) is 6.68. The van der Waals surface area contributed by atoms with Gasteiger partial charge in [0.25, 0.3) is 5.91 Å². The van der Waals surface area contributed by atoms with Crippen LogP contribution in [0.5, 0.6) is 0 Å². The molecule has 0 radical (unpaired) electrons. The van der Waals surface area contributed by atoms with E-state index in [2.05, 4.69) is 31.1 Å². The van der Waals surface area contributed by atoms with Gasteiger partial charge in [-0.15, -0.1) is 11.3 Å². The number of oxazole rings is 1. The van der Waals surface area contributed by atoms with Gasteiger partial charge in [-0.1, -0.05) is 45.0 Å². The number of carbonyl (C=O) groups excluding carboxylic acids is 3. The van der Waals surface area contributed by atoms with Crippen molar-refractivity contribution in [2.45, 2.75) is 53.1 Å². The molecule has 0 saturated carbocycles. The molecule has 5 rings (SSSR count). The molecule has 0 saturated heterocycles. The number of nitrogens with one attached hydrogen (secondary N) is 1. The summed E-state index contributed by atoms with van der Waals surface area (Å²) in [5.74, 6) is -0.963. The van der Waals surface area contributed by atoms with E-state index in [0.717, 1.165) is 29.7 Å². The number of hydrogen-bond donors (Lipinski definition) is 1. The minimum atomic E-state index is -1.13. The van der Waals surface area contributed by atoms with Gasteiger partial charge in [-0.3, -0.25) is 4.79 Å². The van der Waals surface area contributed by atoms with Gasteiger partial charge in [-0.25, -0.2) is 14.6 Å². The minimum Gasteiger partial charge on any atom is -0.465 e. The molecule has 0 fully saturated rings. The van der Waals surface area contributed by atoms with Gasteiger partial charge in [-0.05, 0) is 67.3 Å². The number of benzene rings is 2. The first-order chi connectivity index (χ1) is 19.1. The van der Waals surface area contributed by atoms with Gasteiger partial charge in [0.2, 0.25) is 5.89 Å². The molecule has 208 valence electrons. The summed E-state index contributed by atoms with van der Waals surface area (Å²) in [6.45, 7) is 8.16. The van der Waals surface area contributed by atoms with Crippen LogP contribution in [0.1, 0.15) is 65.3 Å². The molecule has 2 heterocycles. The second-order valence-electron chi connectivity index (χ2n) is 11.1. The van der Waals surface area contributed by atoms with Crippen LogP contribution < -0.4 is 5.32 Å². The zero-order valence-corrected chi connectivity index (χ0v) is 24.0. The highest BCUT2D eigenvalue weighted by Crippen LogP contribution is 2.44. The van der Waals surface area contributed by atoms with Crippen LogP contribution >= 0.6 is 11.3 Å². The maximum atomic E-state index is 13.2. The number of carbonyl (C=O) groups is 3. The van der Waals surface area contributed by atoms with Gasteiger partial charge in [0.05, 0.1) is 23.8 Å². The van der Waals surface area contributed by atoms with E-state index in [0.29, 0.717) is 33.1 Å². The van der Waals surface area contributed by atoms with E-state index in [1.807, 2.05) is 18.2 Å². The van der Waals surface area contributed by atoms with E-state index in [9.17, 15) is 14.4 Å². The van der Waals surface area contributed by atoms with E-state index in [-0.39, 0.29) is 16.9 Å². The summed E-state index contributed by atoms with van der Waals surface area (Å²) in [4.78, 5) is 44.7. The molecule has 0 aliphatic heterocycles. The fraction of sp³-hybridized carbons (Fsp3) is 0.355. The molecule has 2 unspecified atom stereocenters. The lowest BCUT2D eigenvalue weighted by atomic mass is 9.72. The minimum absolute atomic E-state index is 0.132. The Hall–Kier alpha value is -3.98. The van der Waals surface area contributed by atoms with Crippen molar-refractivity contribution >= 4 is 45.3 Å². The SMILES string of the molecule is COC(=O)c1c(NC(=O)C(C)OC(=O)c2ccccc2-c2nc3ccccc3o2)sc2c1CCC(C(C)(C)C)C2. The maximum absolute atomic E-state index is 13.2. The van der Waals surface area contributed by atoms with E-state index in [4.69, 9.17) is 13.9 Å². The molecule has 1 aliphatic rings. The number of aromatic nitrogens is 1. The molecule has 0 bridgehead atoms. The molecule has 1 amide bonds. The van der Waals surface area contributed by atoms with Crippen molar-refractivity contribution in [2.24, 2.45) is 11.3 Å². The van der Waals surface area contributed by atoms with Gasteiger partial charge in [0.1, 0.15) is 10.5 Å². The van der Waals surface area contributed by atoms with E-state index in [1.54, 1.807) is 30.3 Å². The Morgan fingerprint density at radius 3 is 2.52 bits per heavy atom. The second kappa shape index (κ2) is 10.9. The van der Waals surface area contributed by atoms with Crippen molar-refractivity contribution < 1.29 is 28.3 Å². The Morgan fingerprint density at radius 1 is 1.07 bits per heavy atom. The zero-order valence-electron chi connectivity index (χ0n) is 23.2. The van der Waals surface area contributed by atoms with Crippen molar-refractivity contribution in [2.75, 3.05) is 12.4 Å². The topological polar surface area (TPSA) is 108 Å². The van der Waals surface area contributed by atoms with E-state index < -0.39 is 23.9 Å². The number of fused-ring (bicyclic) bond motifs is 2. The smallest absolute Gasteiger partial charge is 0.341 e. The second-order valence-corrected chi connectivity index (χ2v) is 12.2. The number of nitrogens with zero attached hydrogens (tertiary/aromatic N) is 1. The van der Waals surface area contributed by atoms with Crippen molar-refractivity contribution in [3.8, 4) is 11.5 Å². The summed E-state index contributed by atoms with van der Waals surface area (Å²) in [7, 11) is 1.33. The van der Waals surface area contributed by atoms with Crippen molar-refractivity contribution in [1.82, 2.24) is 4.98 Å². The first kappa shape index (κ1) is 27.6. The van der Waals surface area contributed by atoms with Crippen LogP contribution in [0.15, 0.2) is 52.9 Å². The highest BCUT2D eigenvalue weighted by Gasteiger charge is 2.35. The van der Waals surface area contributed by atoms with Crippen LogP contribution in [-0.2, 0) is 27.1 Å². The van der Waals surface area contributed by atoms with Crippen LogP contribution in [0, 0.1) is 11.3 Å². The predicted molar refractivity (Wildman–Crippen MR) is 154 cm³/mol. The Kier molecular flexibility index (Phi) is 7.51. The van der Waals surface area contributed by atoms with Crippen LogP contribution in [0.3, 0.4) is 0 Å². The van der Waals surface area contributed by atoms with E-state index in [1.165, 1.54) is 25.4 Å². The Balaban J connectivity index is 1.35. The normalized spacial score (nSPS) is 15.8. The molecule has 0 spiro atoms. The number of para-hydroxylation sites is 2. The summed E-state index contributed by atoms with van der Waals surface area (Å²) in [5.41, 5.74) is 3.41. The monoisotopic (exact) mass is 560 g/mol. The third kappa shape index (κ3) is 5.38. The van der Waals surface area contributed by atoms with Gasteiger partial charge >= 0.3 is 11.9 Å². The lowest BCUT2D eigenvalue weighted by Crippen LogP contribution is -2.30. The summed E-state index contributed by atoms with van der Waals surface area (Å²) < 4.78 is 16.5. The summed E-state index contributed by atoms with van der Waals surface area (Å²) in [6, 6.07) is 14.1. The molecule has 4 aromatic rings. The first-order valence-electron chi connectivity index (χ1n) is 13.3. The van der Waals surface area contributed by atoms with Gasteiger partial charge in [0, 0.05) is 4.88 Å². The largest absolute Gasteiger partial charge is 0.465 e. The molecule has 8 nitrogen and oxygen atoms in total. The average Bonchev–Trinajstić information content (AvgIpc) is 3.52. The van der Waals surface area contributed by atoms with Crippen LogP contribution in [0.4, 0.5) is 5.00 Å². The molecule has 2 aromatic carbocycles. The summed E-state index contributed by atoms with van der Waals surface area (Å²) >= 11 is 1.39. The summed E-state index contributed by atoms with van der Waals surface area (Å²) in [5, 5.41) is 3.25. The molecular formula is C31H32N2O6S. The average molecular weight is 561 g/mol. The number of hydrogen-bond acceptors (Lipinski definition) is 8. The zero-order chi connectivity index (χ0) is 28.6. The number of ether oxygens (including phenoxy) is 2. The Labute approximate surface area is 236 Å². The molecule has 40 heavy (non-hydrogen) atoms. The highest BCUT2D eigenvalue weighted by molar-refractivity contribution is 7.17. The number of methoxy groups -OCH3 is 1. The number of esters is 2. The van der Waals surface area contributed by atoms with Crippen LogP contribution in [0.2, 0.25) is 0 Å². The third-order valence-corrected chi connectivity index (χ3v) is 8.61. The fourth-order valence-corrected chi connectivity index (χ4v) is 6.38. The molecule has 1 N–H and O–H groups in total. The standard InChI is InChI=1S/C31H32N2O6S/c1-17(38-29(35)20-11-7-6-10-19(20)27-32-22-12-8-9-13-23(22)39-27)26(34)33-28-25(30(36)37-5)21-15-14-18(31(2,3)4)16-24(21)40-28/h6-13,17-18H,14-16H2,1-5H3,(H,33,34). The highest BCUT2D eigenvalue weighted by atomic mass is 32.1. The maximum Gasteiger partial charge on any atom is 0.341 e.